The predicted octanol–water partition coefficient (Wildman–Crippen LogP) is 0.104. The molecule has 1 aromatic rings. The Hall–Kier alpha value is -0.964. The maximum absolute atomic E-state index is 10.8. The summed E-state index contributed by atoms with van der Waals surface area (Å²) in [5.41, 5.74) is 1.23. The zero-order valence-electron chi connectivity index (χ0n) is 17.2. The SMILES string of the molecule is CC(=O)c1cccc(C(C)=O)n1.N=C1C(Cl)=CC=CC1Cl.N=C1C(Cl)=CC=CC1Cl.[Cl-].[Cl-].[Co+2]. The summed E-state index contributed by atoms with van der Waals surface area (Å²) < 4.78 is 0. The minimum absolute atomic E-state index is 0. The average Bonchev–Trinajstić information content (AvgIpc) is 2.71. The van der Waals surface area contributed by atoms with Gasteiger partial charge in [0.15, 0.2) is 11.6 Å². The van der Waals surface area contributed by atoms with Crippen LogP contribution >= 0.6 is 46.4 Å². The third-order valence-corrected chi connectivity index (χ3v) is 4.97. The first-order chi connectivity index (χ1) is 14.0. The monoisotopic (exact) mass is 614 g/mol. The van der Waals surface area contributed by atoms with Gasteiger partial charge in [0, 0.05) is 13.8 Å². The predicted molar refractivity (Wildman–Crippen MR) is 125 cm³/mol. The van der Waals surface area contributed by atoms with Crippen molar-refractivity contribution in [3.63, 3.8) is 0 Å². The van der Waals surface area contributed by atoms with E-state index in [4.69, 9.17) is 57.2 Å². The van der Waals surface area contributed by atoms with E-state index in [-0.39, 0.29) is 75.3 Å². The van der Waals surface area contributed by atoms with Crippen LogP contribution in [-0.4, -0.2) is 38.7 Å². The zero-order chi connectivity index (χ0) is 22.8. The molecule has 2 aliphatic rings. The molecule has 0 bridgehead atoms. The van der Waals surface area contributed by atoms with Crippen molar-refractivity contribution in [2.75, 3.05) is 0 Å². The quantitative estimate of drug-likeness (QED) is 0.365. The van der Waals surface area contributed by atoms with Crippen molar-refractivity contribution in [2.24, 2.45) is 0 Å². The van der Waals surface area contributed by atoms with Crippen molar-refractivity contribution < 1.29 is 51.2 Å². The Kier molecular flexibility index (Phi) is 20.4. The molecule has 1 radical (unpaired) electrons. The summed E-state index contributed by atoms with van der Waals surface area (Å²) in [4.78, 5) is 25.6. The molecule has 0 amide bonds. The fraction of sp³-hybridized carbons (Fsp3) is 0.190. The molecular formula is C21H19Cl6CoN3O2. The number of alkyl halides is 2. The van der Waals surface area contributed by atoms with Gasteiger partial charge in [0.25, 0.3) is 0 Å². The van der Waals surface area contributed by atoms with Gasteiger partial charge in [-0.25, -0.2) is 4.98 Å². The molecule has 181 valence electrons. The molecule has 5 nitrogen and oxygen atoms in total. The van der Waals surface area contributed by atoms with Crippen LogP contribution in [-0.2, 0) is 16.8 Å². The van der Waals surface area contributed by atoms with Crippen LogP contribution in [0, 0.1) is 10.8 Å². The molecule has 0 fully saturated rings. The number of hydrogen-bond donors (Lipinski definition) is 2. The van der Waals surface area contributed by atoms with E-state index in [9.17, 15) is 9.59 Å². The molecule has 2 aliphatic carbocycles. The Morgan fingerprint density at radius 2 is 1.15 bits per heavy atom. The van der Waals surface area contributed by atoms with Crippen LogP contribution in [0.4, 0.5) is 0 Å². The number of pyridine rings is 1. The normalized spacial score (nSPS) is 17.8. The summed E-state index contributed by atoms with van der Waals surface area (Å²) in [6.45, 7) is 2.85. The molecule has 2 atom stereocenters. The van der Waals surface area contributed by atoms with Crippen molar-refractivity contribution in [1.82, 2.24) is 4.98 Å². The number of carbonyl (C=O) groups is 2. The Morgan fingerprint density at radius 3 is 1.39 bits per heavy atom. The summed E-state index contributed by atoms with van der Waals surface area (Å²) in [6.07, 6.45) is 10.2. The third-order valence-electron chi connectivity index (χ3n) is 3.58. The molecule has 0 saturated heterocycles. The number of nitrogens with zero attached hydrogens (tertiary/aromatic N) is 1. The Balaban J connectivity index is -0.000000396. The summed E-state index contributed by atoms with van der Waals surface area (Å²) >= 11 is 22.4. The van der Waals surface area contributed by atoms with Gasteiger partial charge in [-0.2, -0.15) is 0 Å². The van der Waals surface area contributed by atoms with E-state index >= 15 is 0 Å². The van der Waals surface area contributed by atoms with E-state index in [1.165, 1.54) is 13.8 Å². The van der Waals surface area contributed by atoms with Crippen LogP contribution in [0.5, 0.6) is 0 Å². The van der Waals surface area contributed by atoms with Crippen LogP contribution in [0.15, 0.2) is 64.7 Å². The molecule has 12 heteroatoms. The van der Waals surface area contributed by atoms with E-state index in [0.29, 0.717) is 21.5 Å². The number of nitrogens with one attached hydrogen (secondary N) is 2. The molecule has 0 aromatic carbocycles. The maximum atomic E-state index is 10.8. The number of halogens is 6. The molecule has 0 aliphatic heterocycles. The molecule has 33 heavy (non-hydrogen) atoms. The minimum Gasteiger partial charge on any atom is -1.00 e. The number of hydrogen-bond acceptors (Lipinski definition) is 5. The smallest absolute Gasteiger partial charge is 1.00 e. The van der Waals surface area contributed by atoms with E-state index < -0.39 is 0 Å². The molecule has 1 aromatic heterocycles. The van der Waals surface area contributed by atoms with Crippen molar-refractivity contribution in [3.8, 4) is 0 Å². The van der Waals surface area contributed by atoms with Gasteiger partial charge in [0.1, 0.15) is 11.4 Å². The fourth-order valence-electron chi connectivity index (χ4n) is 1.94. The van der Waals surface area contributed by atoms with E-state index in [1.54, 1.807) is 54.7 Å². The molecule has 3 rings (SSSR count). The fourth-order valence-corrected chi connectivity index (χ4v) is 2.83. The molecule has 2 unspecified atom stereocenters. The average molecular weight is 617 g/mol. The topological polar surface area (TPSA) is 94.7 Å². The van der Waals surface area contributed by atoms with Gasteiger partial charge in [-0.15, -0.1) is 23.2 Å². The van der Waals surface area contributed by atoms with Gasteiger partial charge in [0.2, 0.25) is 0 Å². The molecule has 0 saturated carbocycles. The Labute approximate surface area is 235 Å². The van der Waals surface area contributed by atoms with Crippen molar-refractivity contribution in [3.05, 3.63) is 76.1 Å². The summed E-state index contributed by atoms with van der Waals surface area (Å²) in [5.74, 6) is -0.254. The second-order valence-corrected chi connectivity index (χ2v) is 7.71. The van der Waals surface area contributed by atoms with Gasteiger partial charge in [-0.05, 0) is 24.3 Å². The largest absolute Gasteiger partial charge is 2.00 e. The van der Waals surface area contributed by atoms with Gasteiger partial charge in [-0.1, -0.05) is 53.6 Å². The van der Waals surface area contributed by atoms with Gasteiger partial charge >= 0.3 is 16.8 Å². The second kappa shape index (κ2) is 18.4. The van der Waals surface area contributed by atoms with Crippen LogP contribution in [0.2, 0.25) is 0 Å². The Bertz CT molecular complexity index is 903. The van der Waals surface area contributed by atoms with Crippen molar-refractivity contribution >= 4 is 69.4 Å². The van der Waals surface area contributed by atoms with E-state index in [0.717, 1.165) is 0 Å². The number of Topliss-reactive ketones (excluding diaryl/α,β-unsaturated/α-hetero) is 2. The zero-order valence-corrected chi connectivity index (χ0v) is 22.8. The third kappa shape index (κ3) is 12.9. The summed E-state index contributed by atoms with van der Waals surface area (Å²) in [7, 11) is 0. The van der Waals surface area contributed by atoms with Gasteiger partial charge in [-0.3, -0.25) is 9.59 Å². The van der Waals surface area contributed by atoms with Gasteiger partial charge < -0.3 is 35.6 Å². The molecule has 1 heterocycles. The number of aromatic nitrogens is 1. The summed E-state index contributed by atoms with van der Waals surface area (Å²) in [6, 6.07) is 4.84. The molecular weight excluding hydrogens is 598 g/mol. The molecule has 0 spiro atoms. The van der Waals surface area contributed by atoms with Gasteiger partial charge in [0.05, 0.1) is 32.2 Å². The maximum Gasteiger partial charge on any atom is 2.00 e. The Morgan fingerprint density at radius 1 is 0.818 bits per heavy atom. The van der Waals surface area contributed by atoms with Crippen molar-refractivity contribution in [2.45, 2.75) is 24.6 Å². The van der Waals surface area contributed by atoms with Crippen molar-refractivity contribution in [1.29, 1.82) is 10.8 Å². The molecule has 2 N–H and O–H groups in total. The van der Waals surface area contributed by atoms with E-state index in [1.807, 2.05) is 0 Å². The first-order valence-electron chi connectivity index (χ1n) is 8.57. The second-order valence-electron chi connectivity index (χ2n) is 5.95. The van der Waals surface area contributed by atoms with Crippen LogP contribution in [0.25, 0.3) is 0 Å². The summed E-state index contributed by atoms with van der Waals surface area (Å²) in [5, 5.41) is 14.6. The van der Waals surface area contributed by atoms with E-state index in [2.05, 4.69) is 4.98 Å². The van der Waals surface area contributed by atoms with Crippen LogP contribution in [0.3, 0.4) is 0 Å². The number of rotatable bonds is 2. The number of carbonyl (C=O) groups excluding carboxylic acids is 2. The van der Waals surface area contributed by atoms with Crippen LogP contribution < -0.4 is 24.8 Å². The minimum atomic E-state index is -0.345. The number of ketones is 2. The number of allylic oxidation sites excluding steroid dienone is 8. The van der Waals surface area contributed by atoms with Crippen LogP contribution in [0.1, 0.15) is 34.8 Å². The standard InChI is InChI=1S/C9H9NO2.2C6H5Cl2N.2ClH.Co/c1-6(11)8-4-3-5-9(10-8)7(2)12;2*7-4-2-1-3-5(8)6(4)9;;;/h3-5H,1-2H3;2*1-4,9H;2*1H;/q;;;;;+2/p-2. The first-order valence-corrected chi connectivity index (χ1v) is 10.2. The first kappa shape index (κ1) is 36.6.